The van der Waals surface area contributed by atoms with Crippen LogP contribution in [0.25, 0.3) is 0 Å². The van der Waals surface area contributed by atoms with Crippen LogP contribution >= 0.6 is 11.3 Å². The number of anilines is 2. The van der Waals surface area contributed by atoms with Crippen molar-refractivity contribution in [1.82, 2.24) is 4.98 Å². The summed E-state index contributed by atoms with van der Waals surface area (Å²) >= 11 is 1.39. The Balaban J connectivity index is 2.04. The van der Waals surface area contributed by atoms with E-state index in [1.165, 1.54) is 11.3 Å². The van der Waals surface area contributed by atoms with Gasteiger partial charge in [-0.2, -0.15) is 5.26 Å². The second-order valence-electron chi connectivity index (χ2n) is 4.30. The smallest absolute Gasteiger partial charge is 0.226 e. The maximum Gasteiger partial charge on any atom is 0.226 e. The fourth-order valence-corrected chi connectivity index (χ4v) is 3.11. The maximum absolute atomic E-state index is 11.7. The summed E-state index contributed by atoms with van der Waals surface area (Å²) in [6.45, 7) is 0. The lowest BCUT2D eigenvalue weighted by Gasteiger charge is -2.21. The normalized spacial score (nSPS) is 17.4. The van der Waals surface area contributed by atoms with Gasteiger partial charge in [0.25, 0.3) is 0 Å². The van der Waals surface area contributed by atoms with E-state index in [1.807, 2.05) is 12.1 Å². The predicted octanol–water partition coefficient (Wildman–Crippen LogP) is 2.07. The van der Waals surface area contributed by atoms with Crippen LogP contribution in [0.3, 0.4) is 0 Å². The first-order valence-electron chi connectivity index (χ1n) is 5.73. The summed E-state index contributed by atoms with van der Waals surface area (Å²) in [5.74, 6) is 0.464. The molecule has 2 aromatic rings. The number of fused-ring (bicyclic) bond motifs is 1. The van der Waals surface area contributed by atoms with Crippen LogP contribution < -0.4 is 11.1 Å². The number of thiazole rings is 1. The fraction of sp³-hybridized carbons (Fsp3) is 0.154. The molecular formula is C13H10N4OS. The lowest BCUT2D eigenvalue weighted by atomic mass is 9.91. The van der Waals surface area contributed by atoms with Crippen molar-refractivity contribution in [2.24, 2.45) is 0 Å². The Kier molecular flexibility index (Phi) is 2.69. The monoisotopic (exact) mass is 270 g/mol. The molecular weight excluding hydrogens is 260 g/mol. The number of nitrogens with zero attached hydrogens (tertiary/aromatic N) is 2. The summed E-state index contributed by atoms with van der Waals surface area (Å²) in [4.78, 5) is 16.8. The summed E-state index contributed by atoms with van der Waals surface area (Å²) < 4.78 is 0. The van der Waals surface area contributed by atoms with Crippen molar-refractivity contribution in [1.29, 1.82) is 5.26 Å². The average molecular weight is 270 g/mol. The van der Waals surface area contributed by atoms with Gasteiger partial charge < -0.3 is 11.1 Å². The molecule has 2 heterocycles. The Morgan fingerprint density at radius 1 is 1.42 bits per heavy atom. The van der Waals surface area contributed by atoms with E-state index in [2.05, 4.69) is 16.4 Å². The summed E-state index contributed by atoms with van der Waals surface area (Å²) in [6, 6.07) is 9.34. The third kappa shape index (κ3) is 2.04. The highest BCUT2D eigenvalue weighted by molar-refractivity contribution is 7.16. The number of amides is 1. The number of hydrogen-bond donors (Lipinski definition) is 2. The molecule has 1 aromatic carbocycles. The van der Waals surface area contributed by atoms with E-state index in [0.29, 0.717) is 22.9 Å². The summed E-state index contributed by atoms with van der Waals surface area (Å²) in [5, 5.41) is 12.0. The van der Waals surface area contributed by atoms with E-state index in [4.69, 9.17) is 11.0 Å². The second-order valence-corrected chi connectivity index (χ2v) is 5.37. The van der Waals surface area contributed by atoms with Crippen molar-refractivity contribution in [2.45, 2.75) is 12.3 Å². The van der Waals surface area contributed by atoms with E-state index in [1.54, 1.807) is 12.1 Å². The van der Waals surface area contributed by atoms with Gasteiger partial charge in [-0.15, -0.1) is 0 Å². The molecule has 0 unspecified atom stereocenters. The quantitative estimate of drug-likeness (QED) is 0.829. The van der Waals surface area contributed by atoms with Crippen molar-refractivity contribution in [3.05, 3.63) is 40.3 Å². The molecule has 0 aliphatic carbocycles. The number of nitrogens with one attached hydrogen (secondary N) is 1. The summed E-state index contributed by atoms with van der Waals surface area (Å²) in [6.07, 6.45) is 0.376. The second kappa shape index (κ2) is 4.37. The van der Waals surface area contributed by atoms with Gasteiger partial charge in [-0.25, -0.2) is 4.98 Å². The lowest BCUT2D eigenvalue weighted by molar-refractivity contribution is -0.116. The van der Waals surface area contributed by atoms with Crippen LogP contribution in [0.4, 0.5) is 10.9 Å². The van der Waals surface area contributed by atoms with Gasteiger partial charge in [-0.3, -0.25) is 4.79 Å². The van der Waals surface area contributed by atoms with E-state index < -0.39 is 0 Å². The molecule has 0 fully saturated rings. The Bertz CT molecular complexity index is 684. The molecule has 0 saturated carbocycles. The number of aromatic nitrogens is 1. The molecule has 1 aromatic heterocycles. The van der Waals surface area contributed by atoms with Gasteiger partial charge in [-0.05, 0) is 17.7 Å². The van der Waals surface area contributed by atoms with Crippen LogP contribution in [0.15, 0.2) is 24.3 Å². The standard InChI is InChI=1S/C13H10N4OS/c14-6-7-1-3-8(4-2-7)9-5-10(18)16-12-11(9)19-13(15)17-12/h1-4,9H,5H2,(H2,15,17)(H,16,18)/t9-/m1/s1. The minimum Gasteiger partial charge on any atom is -0.375 e. The average Bonchev–Trinajstić information content (AvgIpc) is 2.78. The molecule has 1 amide bonds. The fourth-order valence-electron chi connectivity index (χ4n) is 2.20. The summed E-state index contributed by atoms with van der Waals surface area (Å²) in [7, 11) is 0. The molecule has 0 bridgehead atoms. The molecule has 19 heavy (non-hydrogen) atoms. The van der Waals surface area contributed by atoms with E-state index in [-0.39, 0.29) is 11.8 Å². The first-order chi connectivity index (χ1) is 9.17. The molecule has 0 spiro atoms. The third-order valence-corrected chi connectivity index (χ3v) is 4.07. The Morgan fingerprint density at radius 3 is 2.84 bits per heavy atom. The number of benzene rings is 1. The zero-order chi connectivity index (χ0) is 13.4. The highest BCUT2D eigenvalue weighted by Gasteiger charge is 2.29. The minimum atomic E-state index is -0.0628. The van der Waals surface area contributed by atoms with Gasteiger partial charge in [0.15, 0.2) is 5.13 Å². The predicted molar refractivity (Wildman–Crippen MR) is 72.8 cm³/mol. The number of nitrogen functional groups attached to an aromatic ring is 1. The van der Waals surface area contributed by atoms with Crippen LogP contribution in [-0.2, 0) is 4.79 Å². The number of nitriles is 1. The van der Waals surface area contributed by atoms with Crippen LogP contribution in [0, 0.1) is 11.3 Å². The highest BCUT2D eigenvalue weighted by atomic mass is 32.1. The van der Waals surface area contributed by atoms with Crippen LogP contribution in [0.2, 0.25) is 0 Å². The molecule has 5 nitrogen and oxygen atoms in total. The van der Waals surface area contributed by atoms with Crippen LogP contribution in [-0.4, -0.2) is 10.9 Å². The molecule has 1 aliphatic rings. The molecule has 6 heteroatoms. The number of carbonyl (C=O) groups is 1. The maximum atomic E-state index is 11.7. The lowest BCUT2D eigenvalue weighted by Crippen LogP contribution is -2.22. The number of carbonyl (C=O) groups excluding carboxylic acids is 1. The van der Waals surface area contributed by atoms with Gasteiger partial charge in [0.1, 0.15) is 5.82 Å². The Labute approximate surface area is 113 Å². The molecule has 94 valence electrons. The molecule has 0 saturated heterocycles. The SMILES string of the molecule is N#Cc1ccc([C@H]2CC(=O)Nc3nc(N)sc32)cc1. The van der Waals surface area contributed by atoms with Gasteiger partial charge in [0.05, 0.1) is 16.5 Å². The van der Waals surface area contributed by atoms with Crippen molar-refractivity contribution in [3.63, 3.8) is 0 Å². The first-order valence-corrected chi connectivity index (χ1v) is 6.55. The van der Waals surface area contributed by atoms with Gasteiger partial charge >= 0.3 is 0 Å². The molecule has 3 N–H and O–H groups in total. The summed E-state index contributed by atoms with van der Waals surface area (Å²) in [5.41, 5.74) is 7.31. The minimum absolute atomic E-state index is 0.0358. The third-order valence-electron chi connectivity index (χ3n) is 3.08. The zero-order valence-corrected chi connectivity index (χ0v) is 10.7. The van der Waals surface area contributed by atoms with Crippen molar-refractivity contribution in [3.8, 4) is 6.07 Å². The first kappa shape index (κ1) is 11.7. The topological polar surface area (TPSA) is 91.8 Å². The molecule has 3 rings (SSSR count). The molecule has 0 radical (unpaired) electrons. The van der Waals surface area contributed by atoms with Crippen molar-refractivity contribution in [2.75, 3.05) is 11.1 Å². The van der Waals surface area contributed by atoms with Crippen molar-refractivity contribution < 1.29 is 4.79 Å². The highest BCUT2D eigenvalue weighted by Crippen LogP contribution is 2.41. The van der Waals surface area contributed by atoms with E-state index >= 15 is 0 Å². The number of rotatable bonds is 1. The van der Waals surface area contributed by atoms with Crippen LogP contribution in [0.1, 0.15) is 28.3 Å². The largest absolute Gasteiger partial charge is 0.375 e. The van der Waals surface area contributed by atoms with E-state index in [0.717, 1.165) is 10.4 Å². The van der Waals surface area contributed by atoms with Gasteiger partial charge in [0.2, 0.25) is 5.91 Å². The van der Waals surface area contributed by atoms with Gasteiger partial charge in [0, 0.05) is 12.3 Å². The molecule has 1 aliphatic heterocycles. The molecule has 1 atom stereocenters. The van der Waals surface area contributed by atoms with Gasteiger partial charge in [-0.1, -0.05) is 23.5 Å². The zero-order valence-electron chi connectivity index (χ0n) is 9.88. The van der Waals surface area contributed by atoms with Crippen molar-refractivity contribution >= 4 is 28.2 Å². The number of nitrogens with two attached hydrogens (primary N) is 1. The Hall–Kier alpha value is -2.39. The van der Waals surface area contributed by atoms with E-state index in [9.17, 15) is 4.79 Å². The van der Waals surface area contributed by atoms with Crippen LogP contribution in [0.5, 0.6) is 0 Å². The number of hydrogen-bond acceptors (Lipinski definition) is 5. The Morgan fingerprint density at radius 2 is 2.16 bits per heavy atom.